The SMILES string of the molecule is CCOC(=O)c1c(NC(=O)CSc2cccc(NC(=O)/C(=C\c3ccc(O)cc3OC)NC(=O)c3ccccc3)c2)sc2c1CCN(Cc1ccccc1)C2. The third kappa shape index (κ3) is 10.2. The molecule has 4 N–H and O–H groups in total. The van der Waals surface area contributed by atoms with Crippen molar-refractivity contribution in [1.29, 1.82) is 0 Å². The molecule has 1 aromatic heterocycles. The normalized spacial score (nSPS) is 12.7. The Morgan fingerprint density at radius 3 is 2.44 bits per heavy atom. The number of hydrogen-bond acceptors (Lipinski definition) is 10. The van der Waals surface area contributed by atoms with Gasteiger partial charge in [0, 0.05) is 52.3 Å². The van der Waals surface area contributed by atoms with E-state index in [1.807, 2.05) is 24.3 Å². The smallest absolute Gasteiger partial charge is 0.341 e. The van der Waals surface area contributed by atoms with E-state index in [1.54, 1.807) is 61.5 Å². The fourth-order valence-corrected chi connectivity index (χ4v) is 8.08. The van der Waals surface area contributed by atoms with Crippen molar-refractivity contribution < 1.29 is 33.8 Å². The van der Waals surface area contributed by atoms with E-state index < -0.39 is 17.8 Å². The summed E-state index contributed by atoms with van der Waals surface area (Å²) >= 11 is 2.68. The van der Waals surface area contributed by atoms with Gasteiger partial charge in [0.2, 0.25) is 5.91 Å². The van der Waals surface area contributed by atoms with Crippen LogP contribution in [-0.4, -0.2) is 59.7 Å². The zero-order valence-corrected chi connectivity index (χ0v) is 31.9. The average molecular weight is 777 g/mol. The van der Waals surface area contributed by atoms with Gasteiger partial charge in [-0.2, -0.15) is 0 Å². The van der Waals surface area contributed by atoms with Crippen LogP contribution in [0.15, 0.2) is 114 Å². The van der Waals surface area contributed by atoms with Crippen molar-refractivity contribution in [3.05, 3.63) is 142 Å². The monoisotopic (exact) mass is 776 g/mol. The summed E-state index contributed by atoms with van der Waals surface area (Å²) in [4.78, 5) is 57.3. The van der Waals surface area contributed by atoms with Gasteiger partial charge in [0.25, 0.3) is 11.8 Å². The molecule has 1 aliphatic rings. The number of nitrogens with one attached hydrogen (secondary N) is 3. The number of esters is 1. The van der Waals surface area contributed by atoms with Gasteiger partial charge in [-0.1, -0.05) is 54.6 Å². The first-order chi connectivity index (χ1) is 26.7. The van der Waals surface area contributed by atoms with Crippen LogP contribution < -0.4 is 20.7 Å². The molecular formula is C42H40N4O7S2. The number of aromatic hydroxyl groups is 1. The van der Waals surface area contributed by atoms with E-state index in [4.69, 9.17) is 9.47 Å². The van der Waals surface area contributed by atoms with Gasteiger partial charge in [-0.25, -0.2) is 4.79 Å². The van der Waals surface area contributed by atoms with Crippen LogP contribution in [0.5, 0.6) is 11.5 Å². The summed E-state index contributed by atoms with van der Waals surface area (Å²) < 4.78 is 10.8. The lowest BCUT2D eigenvalue weighted by atomic mass is 10.0. The highest BCUT2D eigenvalue weighted by Gasteiger charge is 2.29. The second-order valence-corrected chi connectivity index (χ2v) is 14.7. The molecule has 5 aromatic rings. The standard InChI is InChI=1S/C42H40N4O7S2/c1-3-53-42(51)38-33-19-20-46(24-27-11-6-4-7-12-27)25-36(33)55-41(38)45-37(48)26-54-32-16-10-15-30(22-32)43-40(50)34(44-39(49)28-13-8-5-9-14-28)21-29-17-18-31(47)23-35(29)52-2/h4-18,21-23,47H,3,19-20,24-26H2,1-2H3,(H,43,50)(H,44,49)(H,45,48)/b34-21+. The van der Waals surface area contributed by atoms with Gasteiger partial charge in [0.15, 0.2) is 0 Å². The van der Waals surface area contributed by atoms with E-state index in [-0.39, 0.29) is 29.7 Å². The van der Waals surface area contributed by atoms with Crippen LogP contribution in [0, 0.1) is 0 Å². The molecule has 13 heteroatoms. The number of methoxy groups -OCH3 is 1. The summed E-state index contributed by atoms with van der Waals surface area (Å²) in [5.41, 5.74) is 3.75. The van der Waals surface area contributed by atoms with Crippen molar-refractivity contribution in [1.82, 2.24) is 10.2 Å². The molecule has 0 spiro atoms. The number of anilines is 2. The Morgan fingerprint density at radius 1 is 0.927 bits per heavy atom. The van der Waals surface area contributed by atoms with Crippen molar-refractivity contribution in [3.63, 3.8) is 0 Å². The van der Waals surface area contributed by atoms with Crippen molar-refractivity contribution in [2.75, 3.05) is 36.6 Å². The van der Waals surface area contributed by atoms with Crippen LogP contribution in [0.1, 0.15) is 49.2 Å². The highest BCUT2D eigenvalue weighted by atomic mass is 32.2. The largest absolute Gasteiger partial charge is 0.508 e. The average Bonchev–Trinajstić information content (AvgIpc) is 3.55. The van der Waals surface area contributed by atoms with Crippen molar-refractivity contribution in [3.8, 4) is 11.5 Å². The Bertz CT molecular complexity index is 2210. The quantitative estimate of drug-likeness (QED) is 0.0517. The molecule has 0 atom stereocenters. The molecule has 0 unspecified atom stereocenters. The molecule has 55 heavy (non-hydrogen) atoms. The number of hydrogen-bond donors (Lipinski definition) is 4. The molecule has 6 rings (SSSR count). The van der Waals surface area contributed by atoms with Crippen molar-refractivity contribution >= 4 is 63.6 Å². The fraction of sp³-hybridized carbons (Fsp3) is 0.190. The minimum atomic E-state index is -0.602. The number of phenolic OH excluding ortho intramolecular Hbond substituents is 1. The molecule has 0 radical (unpaired) electrons. The Kier molecular flexibility index (Phi) is 13.0. The topological polar surface area (TPSA) is 146 Å². The molecule has 0 saturated heterocycles. The van der Waals surface area contributed by atoms with Crippen molar-refractivity contribution in [2.45, 2.75) is 31.3 Å². The summed E-state index contributed by atoms with van der Waals surface area (Å²) in [5, 5.41) is 18.9. The zero-order chi connectivity index (χ0) is 38.7. The molecule has 11 nitrogen and oxygen atoms in total. The highest BCUT2D eigenvalue weighted by Crippen LogP contribution is 2.38. The molecule has 0 fully saturated rings. The molecular weight excluding hydrogens is 737 g/mol. The molecule has 4 aromatic carbocycles. The molecule has 0 saturated carbocycles. The number of nitrogens with zero attached hydrogens (tertiary/aromatic N) is 1. The van der Waals surface area contributed by atoms with Gasteiger partial charge in [-0.05, 0) is 73.0 Å². The van der Waals surface area contributed by atoms with Gasteiger partial charge < -0.3 is 30.5 Å². The van der Waals surface area contributed by atoms with Crippen LogP contribution in [0.4, 0.5) is 10.7 Å². The number of thiophene rings is 1. The van der Waals surface area contributed by atoms with Gasteiger partial charge in [0.05, 0.1) is 25.0 Å². The third-order valence-electron chi connectivity index (χ3n) is 8.62. The van der Waals surface area contributed by atoms with Crippen LogP contribution >= 0.6 is 23.1 Å². The first-order valence-corrected chi connectivity index (χ1v) is 19.4. The second kappa shape index (κ2) is 18.4. The minimum absolute atomic E-state index is 0.0175. The Labute approximate surface area is 327 Å². The lowest BCUT2D eigenvalue weighted by Crippen LogP contribution is -2.30. The predicted molar refractivity (Wildman–Crippen MR) is 216 cm³/mol. The summed E-state index contributed by atoms with van der Waals surface area (Å²) in [6.07, 6.45) is 2.14. The maximum Gasteiger partial charge on any atom is 0.341 e. The van der Waals surface area contributed by atoms with Crippen molar-refractivity contribution in [2.24, 2.45) is 0 Å². The number of rotatable bonds is 14. The number of phenols is 1. The first kappa shape index (κ1) is 38.8. The first-order valence-electron chi connectivity index (χ1n) is 17.6. The molecule has 1 aliphatic heterocycles. The van der Waals surface area contributed by atoms with E-state index in [2.05, 4.69) is 33.0 Å². The predicted octanol–water partition coefficient (Wildman–Crippen LogP) is 7.34. The number of carbonyl (C=O) groups is 4. The maximum atomic E-state index is 13.7. The Hall–Kier alpha value is -5.89. The second-order valence-electron chi connectivity index (χ2n) is 12.5. The van der Waals surface area contributed by atoms with Gasteiger partial charge in [-0.3, -0.25) is 19.3 Å². The lowest BCUT2D eigenvalue weighted by Gasteiger charge is -2.27. The number of carbonyl (C=O) groups excluding carboxylic acids is 4. The van der Waals surface area contributed by atoms with E-state index in [1.165, 1.54) is 54.0 Å². The van der Waals surface area contributed by atoms with Crippen LogP contribution in [0.25, 0.3) is 6.08 Å². The summed E-state index contributed by atoms with van der Waals surface area (Å²) in [6, 6.07) is 30.1. The zero-order valence-electron chi connectivity index (χ0n) is 30.3. The van der Waals surface area contributed by atoms with E-state index in [0.29, 0.717) is 51.0 Å². The fourth-order valence-electron chi connectivity index (χ4n) is 6.03. The maximum absolute atomic E-state index is 13.7. The molecule has 3 amide bonds. The Morgan fingerprint density at radius 2 is 1.69 bits per heavy atom. The van der Waals surface area contributed by atoms with Gasteiger partial charge >= 0.3 is 5.97 Å². The van der Waals surface area contributed by atoms with E-state index >= 15 is 0 Å². The number of ether oxygens (including phenoxy) is 2. The number of amides is 3. The van der Waals surface area contributed by atoms with Crippen LogP contribution in [0.3, 0.4) is 0 Å². The molecule has 2 heterocycles. The number of benzene rings is 4. The summed E-state index contributed by atoms with van der Waals surface area (Å²) in [6.45, 7) is 4.22. The van der Waals surface area contributed by atoms with Gasteiger partial charge in [0.1, 0.15) is 22.2 Å². The lowest BCUT2D eigenvalue weighted by molar-refractivity contribution is -0.114. The minimum Gasteiger partial charge on any atom is -0.508 e. The van der Waals surface area contributed by atoms with Gasteiger partial charge in [-0.15, -0.1) is 23.1 Å². The number of fused-ring (bicyclic) bond motifs is 1. The molecule has 282 valence electrons. The highest BCUT2D eigenvalue weighted by molar-refractivity contribution is 8.00. The Balaban J connectivity index is 1.13. The van der Waals surface area contributed by atoms with E-state index in [0.717, 1.165) is 23.5 Å². The summed E-state index contributed by atoms with van der Waals surface area (Å²) in [5.74, 6) is -1.50. The van der Waals surface area contributed by atoms with Crippen LogP contribution in [0.2, 0.25) is 0 Å². The van der Waals surface area contributed by atoms with E-state index in [9.17, 15) is 24.3 Å². The third-order valence-corrected chi connectivity index (χ3v) is 10.8. The molecule has 0 aliphatic carbocycles. The summed E-state index contributed by atoms with van der Waals surface area (Å²) in [7, 11) is 1.44. The van der Waals surface area contributed by atoms with Crippen LogP contribution in [-0.2, 0) is 33.8 Å². The number of thioether (sulfide) groups is 1. The molecule has 0 bridgehead atoms.